The number of thiol groups is 1. The smallest absolute Gasteiger partial charge is 0.0462 e. The van der Waals surface area contributed by atoms with Crippen LogP contribution in [0.3, 0.4) is 0 Å². The Kier molecular flexibility index (Phi) is 16.9. The normalized spacial score (nSPS) is 11.7. The fourth-order valence-electron chi connectivity index (χ4n) is 10.4. The molecule has 0 amide bonds. The summed E-state index contributed by atoms with van der Waals surface area (Å²) in [5.74, 6) is 0. The quantitative estimate of drug-likeness (QED) is 0.0676. The van der Waals surface area contributed by atoms with Crippen molar-refractivity contribution in [2.75, 3.05) is 9.80 Å². The summed E-state index contributed by atoms with van der Waals surface area (Å²) in [4.78, 5) is 8.10. The number of hydrogen-bond acceptors (Lipinski definition) is 4. The number of hydrogen-bond donors (Lipinski definition) is 1. The van der Waals surface area contributed by atoms with Crippen molar-refractivity contribution in [3.63, 3.8) is 0 Å². The van der Waals surface area contributed by atoms with Gasteiger partial charge in [-0.2, -0.15) is 0 Å². The van der Waals surface area contributed by atoms with Crippen molar-refractivity contribution in [1.82, 2.24) is 0 Å². The molecule has 12 aromatic rings. The lowest BCUT2D eigenvalue weighted by Crippen LogP contribution is -2.10. The third kappa shape index (κ3) is 12.9. The van der Waals surface area contributed by atoms with Gasteiger partial charge >= 0.3 is 0 Å². The Balaban J connectivity index is 0.815. The van der Waals surface area contributed by atoms with E-state index in [1.54, 1.807) is 0 Å². The van der Waals surface area contributed by atoms with Crippen molar-refractivity contribution in [3.8, 4) is 65.4 Å². The third-order valence-corrected chi connectivity index (χ3v) is 16.5. The molecule has 0 atom stereocenters. The van der Waals surface area contributed by atoms with Crippen LogP contribution in [-0.2, 0) is 0 Å². The van der Waals surface area contributed by atoms with Crippen LogP contribution in [0.1, 0.15) is 11.1 Å². The summed E-state index contributed by atoms with van der Waals surface area (Å²) in [6.45, 7) is 4.05. The number of nitrogens with zero attached hydrogens (tertiary/aromatic N) is 2. The molecule has 0 spiro atoms. The predicted molar refractivity (Wildman–Crippen MR) is 366 cm³/mol. The van der Waals surface area contributed by atoms with Crippen LogP contribution in [0.15, 0.2) is 352 Å². The molecule has 12 rings (SSSR count). The molecule has 1 heterocycles. The van der Waals surface area contributed by atoms with Gasteiger partial charge in [-0.15, -0.1) is 24.0 Å². The molecule has 0 aliphatic heterocycles. The minimum absolute atomic E-state index is 0.904. The van der Waals surface area contributed by atoms with Gasteiger partial charge in [0.25, 0.3) is 0 Å². The molecule has 2 nitrogen and oxygen atoms in total. The van der Waals surface area contributed by atoms with Crippen LogP contribution in [0.25, 0.3) is 76.4 Å². The fraction of sp³-hybridized carbons (Fsp3) is 0. The van der Waals surface area contributed by atoms with Gasteiger partial charge in [-0.25, -0.2) is 0 Å². The molecule has 84 heavy (non-hydrogen) atoms. The first-order chi connectivity index (χ1) is 41.5. The first-order valence-electron chi connectivity index (χ1n) is 28.2. The molecule has 0 radical (unpaired) electrons. The predicted octanol–water partition coefficient (Wildman–Crippen LogP) is 23.3. The van der Waals surface area contributed by atoms with E-state index in [2.05, 4.69) is 320 Å². The lowest BCUT2D eigenvalue weighted by Gasteiger charge is -2.27. The Hall–Kier alpha value is -10.2. The van der Waals surface area contributed by atoms with Gasteiger partial charge in [0.15, 0.2) is 0 Å². The summed E-state index contributed by atoms with van der Waals surface area (Å²) in [6, 6.07) is 108. The average Bonchev–Trinajstić information content (AvgIpc) is 4.21. The molecule has 402 valence electrons. The van der Waals surface area contributed by atoms with E-state index in [4.69, 9.17) is 12.6 Å². The van der Waals surface area contributed by atoms with E-state index in [1.807, 2.05) is 53.8 Å². The van der Waals surface area contributed by atoms with Crippen LogP contribution in [0.2, 0.25) is 0 Å². The monoisotopic (exact) mass is 1110 g/mol. The lowest BCUT2D eigenvalue weighted by atomic mass is 10.0. The lowest BCUT2D eigenvalue weighted by molar-refractivity contribution is 1.28. The maximum Gasteiger partial charge on any atom is 0.0462 e. The van der Waals surface area contributed by atoms with E-state index >= 15 is 0 Å². The molecule has 0 N–H and O–H groups in total. The van der Waals surface area contributed by atoms with Gasteiger partial charge in [0, 0.05) is 48.8 Å². The number of thiophene rings is 1. The highest BCUT2D eigenvalue weighted by Gasteiger charge is 2.17. The Morgan fingerprint density at radius 2 is 0.607 bits per heavy atom. The second kappa shape index (κ2) is 26.1. The van der Waals surface area contributed by atoms with Crippen molar-refractivity contribution in [2.45, 2.75) is 0 Å². The SMILES string of the molecule is C=CC(/C=C/C=C(\S)c1ccccc1)=C\C=C\c1ccc(N(c2ccc(-c3ccc(-c4ccc(-c5ccccc5)s4)cc3)cc2)c2ccc(-c3ccc(N(c4ccc(-c5ccccc5)cc4)c4ccc(-c5ccccc5)cc4)cc3)cc2)cc1. The van der Waals surface area contributed by atoms with Crippen LogP contribution in [0.5, 0.6) is 0 Å². The Morgan fingerprint density at radius 3 is 0.976 bits per heavy atom. The van der Waals surface area contributed by atoms with Crippen LogP contribution in [-0.4, -0.2) is 0 Å². The van der Waals surface area contributed by atoms with Crippen LogP contribution < -0.4 is 9.80 Å². The first-order valence-corrected chi connectivity index (χ1v) is 29.5. The zero-order chi connectivity index (χ0) is 56.9. The van der Waals surface area contributed by atoms with Crippen molar-refractivity contribution >= 4 is 69.1 Å². The Morgan fingerprint density at radius 1 is 0.310 bits per heavy atom. The summed E-state index contributed by atoms with van der Waals surface area (Å²) in [6.07, 6.45) is 14.2. The molecule has 0 bridgehead atoms. The van der Waals surface area contributed by atoms with Gasteiger partial charge in [0.2, 0.25) is 0 Å². The minimum atomic E-state index is 0.904. The largest absolute Gasteiger partial charge is 0.311 e. The molecule has 1 aromatic heterocycles. The van der Waals surface area contributed by atoms with Crippen molar-refractivity contribution < 1.29 is 0 Å². The molecule has 4 heteroatoms. The fourth-order valence-corrected chi connectivity index (χ4v) is 11.7. The van der Waals surface area contributed by atoms with E-state index in [0.29, 0.717) is 0 Å². The molecule has 0 fully saturated rings. The average molecular weight is 1110 g/mol. The van der Waals surface area contributed by atoms with Crippen LogP contribution in [0, 0.1) is 0 Å². The molecule has 0 unspecified atom stereocenters. The summed E-state index contributed by atoms with van der Waals surface area (Å²) >= 11 is 6.52. The number of benzene rings is 11. The van der Waals surface area contributed by atoms with Crippen molar-refractivity contribution in [1.29, 1.82) is 0 Å². The van der Waals surface area contributed by atoms with E-state index in [0.717, 1.165) is 72.4 Å². The van der Waals surface area contributed by atoms with E-state index < -0.39 is 0 Å². The highest BCUT2D eigenvalue weighted by atomic mass is 32.1. The summed E-state index contributed by atoms with van der Waals surface area (Å²) in [7, 11) is 0. The molecule has 11 aromatic carbocycles. The van der Waals surface area contributed by atoms with E-state index in [1.165, 1.54) is 48.7 Å². The van der Waals surface area contributed by atoms with Crippen molar-refractivity contribution in [2.24, 2.45) is 0 Å². The minimum Gasteiger partial charge on any atom is -0.311 e. The molecular formula is C80H60N2S2. The van der Waals surface area contributed by atoms with Gasteiger partial charge in [-0.05, 0) is 163 Å². The van der Waals surface area contributed by atoms with Gasteiger partial charge < -0.3 is 9.80 Å². The highest BCUT2D eigenvalue weighted by Crippen LogP contribution is 2.41. The van der Waals surface area contributed by atoms with Gasteiger partial charge in [0.05, 0.1) is 0 Å². The molecule has 0 aliphatic rings. The summed E-state index contributed by atoms with van der Waals surface area (Å²) < 4.78 is 0. The van der Waals surface area contributed by atoms with Crippen LogP contribution in [0.4, 0.5) is 34.1 Å². The van der Waals surface area contributed by atoms with E-state index in [9.17, 15) is 0 Å². The maximum absolute atomic E-state index is 4.69. The van der Waals surface area contributed by atoms with Gasteiger partial charge in [0.1, 0.15) is 0 Å². The number of rotatable bonds is 18. The Bertz CT molecular complexity index is 4140. The zero-order valence-electron chi connectivity index (χ0n) is 46.4. The highest BCUT2D eigenvalue weighted by molar-refractivity contribution is 7.90. The standard InChI is InChI=1S/C80H60N2S2/c1-2-59(18-16-28-78(83)69-24-11-5-12-25-69)17-15-19-60-29-45-72(46-30-60)81(73-51-39-66(40-52-73)63-31-33-71(34-32-63)80-58-57-79(84-80)70-26-13-6-14-27-70)74-53-41-67(42-54-74)68-43-55-77(56-44-68)82(75-47-35-64(36-48-75)61-20-7-3-8-21-61)76-49-37-65(38-50-76)62-22-9-4-10-23-62/h2-58,83H,1H2/b18-16+,19-15+,59-17+,78-28-. The number of anilines is 6. The number of allylic oxidation sites excluding steroid dienone is 7. The topological polar surface area (TPSA) is 6.48 Å². The molecule has 0 saturated heterocycles. The van der Waals surface area contributed by atoms with Gasteiger partial charge in [-0.1, -0.05) is 261 Å². The van der Waals surface area contributed by atoms with E-state index in [-0.39, 0.29) is 0 Å². The molecule has 0 aliphatic carbocycles. The van der Waals surface area contributed by atoms with Gasteiger partial charge in [-0.3, -0.25) is 0 Å². The second-order valence-corrected chi connectivity index (χ2v) is 21.9. The third-order valence-electron chi connectivity index (χ3n) is 14.9. The first kappa shape index (κ1) is 54.4. The maximum atomic E-state index is 4.69. The van der Waals surface area contributed by atoms with Crippen LogP contribution >= 0.6 is 24.0 Å². The van der Waals surface area contributed by atoms with Crippen molar-refractivity contribution in [3.05, 3.63) is 363 Å². The summed E-state index contributed by atoms with van der Waals surface area (Å²) in [5.41, 5.74) is 21.4. The zero-order valence-corrected chi connectivity index (χ0v) is 48.1. The summed E-state index contributed by atoms with van der Waals surface area (Å²) in [5, 5.41) is 0. The molecule has 0 saturated carbocycles. The molecular weight excluding hydrogens is 1050 g/mol. The Labute approximate surface area is 504 Å². The second-order valence-electron chi connectivity index (χ2n) is 20.3.